The molecular formula is C18H18O. The predicted molar refractivity (Wildman–Crippen MR) is 79.5 cm³/mol. The van der Waals surface area contributed by atoms with Gasteiger partial charge in [0.15, 0.2) is 0 Å². The van der Waals surface area contributed by atoms with E-state index in [1.807, 2.05) is 6.07 Å². The van der Waals surface area contributed by atoms with Crippen molar-refractivity contribution in [2.45, 2.75) is 38.0 Å². The van der Waals surface area contributed by atoms with Gasteiger partial charge in [0.25, 0.3) is 0 Å². The van der Waals surface area contributed by atoms with Crippen molar-refractivity contribution < 1.29 is 4.42 Å². The first-order valence-corrected chi connectivity index (χ1v) is 7.33. The van der Waals surface area contributed by atoms with Crippen molar-refractivity contribution in [2.24, 2.45) is 0 Å². The molecule has 2 aromatic carbocycles. The van der Waals surface area contributed by atoms with Crippen LogP contribution in [0.3, 0.4) is 0 Å². The summed E-state index contributed by atoms with van der Waals surface area (Å²) in [5, 5.41) is 2.52. The molecule has 0 saturated heterocycles. The molecule has 1 aliphatic carbocycles. The Kier molecular flexibility index (Phi) is 2.58. The van der Waals surface area contributed by atoms with E-state index in [9.17, 15) is 0 Å². The van der Waals surface area contributed by atoms with Gasteiger partial charge in [0.1, 0.15) is 11.2 Å². The molecule has 0 amide bonds. The number of hydrogen-bond donors (Lipinski definition) is 0. The first kappa shape index (κ1) is 11.1. The van der Waals surface area contributed by atoms with Crippen molar-refractivity contribution >= 4 is 21.9 Å². The zero-order valence-corrected chi connectivity index (χ0v) is 11.1. The summed E-state index contributed by atoms with van der Waals surface area (Å²) in [4.78, 5) is 0. The van der Waals surface area contributed by atoms with E-state index in [4.69, 9.17) is 4.42 Å². The highest BCUT2D eigenvalue weighted by Crippen LogP contribution is 2.36. The lowest BCUT2D eigenvalue weighted by Gasteiger charge is -2.21. The second kappa shape index (κ2) is 4.41. The lowest BCUT2D eigenvalue weighted by atomic mass is 9.84. The van der Waals surface area contributed by atoms with Gasteiger partial charge in [-0.3, -0.25) is 0 Å². The Morgan fingerprint density at radius 1 is 0.789 bits per heavy atom. The lowest BCUT2D eigenvalue weighted by Crippen LogP contribution is -2.03. The number of fused-ring (bicyclic) bond motifs is 3. The van der Waals surface area contributed by atoms with Crippen LogP contribution in [0.25, 0.3) is 21.9 Å². The van der Waals surface area contributed by atoms with Crippen molar-refractivity contribution in [1.29, 1.82) is 0 Å². The zero-order chi connectivity index (χ0) is 12.7. The van der Waals surface area contributed by atoms with Crippen molar-refractivity contribution in [3.8, 4) is 0 Å². The van der Waals surface area contributed by atoms with Crippen molar-refractivity contribution in [3.05, 3.63) is 48.0 Å². The van der Waals surface area contributed by atoms with Gasteiger partial charge in [-0.05, 0) is 42.5 Å². The molecule has 0 spiro atoms. The van der Waals surface area contributed by atoms with E-state index in [1.165, 1.54) is 48.4 Å². The molecule has 1 saturated carbocycles. The van der Waals surface area contributed by atoms with Gasteiger partial charge >= 0.3 is 0 Å². The number of furan rings is 1. The smallest absolute Gasteiger partial charge is 0.135 e. The molecule has 0 aliphatic heterocycles. The third-order valence-corrected chi connectivity index (χ3v) is 4.48. The van der Waals surface area contributed by atoms with Crippen LogP contribution in [-0.2, 0) is 0 Å². The summed E-state index contributed by atoms with van der Waals surface area (Å²) in [6, 6.07) is 15.1. The molecule has 1 heteroatoms. The molecule has 1 aromatic heterocycles. The molecule has 4 rings (SSSR count). The van der Waals surface area contributed by atoms with E-state index >= 15 is 0 Å². The van der Waals surface area contributed by atoms with Crippen LogP contribution >= 0.6 is 0 Å². The molecule has 1 nitrogen and oxygen atoms in total. The molecule has 0 unspecified atom stereocenters. The van der Waals surface area contributed by atoms with Gasteiger partial charge in [0.05, 0.1) is 0 Å². The standard InChI is InChI=1S/C18H18O/c1-2-6-13(7-3-1)14-10-11-18-16(12-14)15-8-4-5-9-17(15)19-18/h4-5,8-13H,1-3,6-7H2. The number of benzene rings is 2. The second-order valence-electron chi connectivity index (χ2n) is 5.69. The molecule has 96 valence electrons. The third kappa shape index (κ3) is 1.85. The highest BCUT2D eigenvalue weighted by Gasteiger charge is 2.16. The summed E-state index contributed by atoms with van der Waals surface area (Å²) < 4.78 is 5.89. The van der Waals surface area contributed by atoms with Gasteiger partial charge in [-0.1, -0.05) is 43.5 Å². The molecule has 0 radical (unpaired) electrons. The van der Waals surface area contributed by atoms with E-state index in [0.29, 0.717) is 0 Å². The van der Waals surface area contributed by atoms with Crippen LogP contribution in [0.2, 0.25) is 0 Å². The Bertz CT molecular complexity index is 717. The summed E-state index contributed by atoms with van der Waals surface area (Å²) in [6.07, 6.45) is 6.87. The lowest BCUT2D eigenvalue weighted by molar-refractivity contribution is 0.444. The van der Waals surface area contributed by atoms with Crippen LogP contribution < -0.4 is 0 Å². The SMILES string of the molecule is c1ccc2c(c1)oc1ccc(C3CCCCC3)cc12. The Morgan fingerprint density at radius 3 is 2.47 bits per heavy atom. The predicted octanol–water partition coefficient (Wildman–Crippen LogP) is 5.63. The number of para-hydroxylation sites is 1. The highest BCUT2D eigenvalue weighted by molar-refractivity contribution is 6.05. The topological polar surface area (TPSA) is 13.1 Å². The average Bonchev–Trinajstić information content (AvgIpc) is 2.86. The first-order chi connectivity index (χ1) is 9.42. The summed E-state index contributed by atoms with van der Waals surface area (Å²) in [5.74, 6) is 0.756. The fourth-order valence-corrected chi connectivity index (χ4v) is 3.43. The molecule has 1 heterocycles. The molecule has 1 fully saturated rings. The fourth-order valence-electron chi connectivity index (χ4n) is 3.43. The van der Waals surface area contributed by atoms with Crippen LogP contribution in [0, 0.1) is 0 Å². The van der Waals surface area contributed by atoms with Crippen LogP contribution in [0.4, 0.5) is 0 Å². The van der Waals surface area contributed by atoms with E-state index in [0.717, 1.165) is 17.1 Å². The molecule has 0 N–H and O–H groups in total. The number of rotatable bonds is 1. The van der Waals surface area contributed by atoms with Gasteiger partial charge in [0, 0.05) is 10.8 Å². The van der Waals surface area contributed by atoms with Crippen molar-refractivity contribution in [2.75, 3.05) is 0 Å². The summed E-state index contributed by atoms with van der Waals surface area (Å²) in [7, 11) is 0. The van der Waals surface area contributed by atoms with Crippen LogP contribution in [-0.4, -0.2) is 0 Å². The molecular weight excluding hydrogens is 232 g/mol. The average molecular weight is 250 g/mol. The monoisotopic (exact) mass is 250 g/mol. The normalized spacial score (nSPS) is 17.3. The maximum Gasteiger partial charge on any atom is 0.135 e. The zero-order valence-electron chi connectivity index (χ0n) is 11.1. The molecule has 0 bridgehead atoms. The fraction of sp³-hybridized carbons (Fsp3) is 0.333. The van der Waals surface area contributed by atoms with E-state index in [-0.39, 0.29) is 0 Å². The second-order valence-corrected chi connectivity index (χ2v) is 5.69. The maximum atomic E-state index is 5.89. The van der Waals surface area contributed by atoms with Crippen LogP contribution in [0.5, 0.6) is 0 Å². The minimum absolute atomic E-state index is 0.756. The van der Waals surface area contributed by atoms with E-state index < -0.39 is 0 Å². The van der Waals surface area contributed by atoms with Crippen LogP contribution in [0.15, 0.2) is 46.9 Å². The van der Waals surface area contributed by atoms with Crippen molar-refractivity contribution in [3.63, 3.8) is 0 Å². The third-order valence-electron chi connectivity index (χ3n) is 4.48. The Labute approximate surface area is 113 Å². The minimum atomic E-state index is 0.756. The minimum Gasteiger partial charge on any atom is -0.456 e. The Hall–Kier alpha value is -1.76. The van der Waals surface area contributed by atoms with Crippen molar-refractivity contribution in [1.82, 2.24) is 0 Å². The highest BCUT2D eigenvalue weighted by atomic mass is 16.3. The van der Waals surface area contributed by atoms with Gasteiger partial charge in [0.2, 0.25) is 0 Å². The maximum absolute atomic E-state index is 5.89. The van der Waals surface area contributed by atoms with Crippen LogP contribution in [0.1, 0.15) is 43.6 Å². The summed E-state index contributed by atoms with van der Waals surface area (Å²) >= 11 is 0. The van der Waals surface area contributed by atoms with Gasteiger partial charge < -0.3 is 4.42 Å². The molecule has 0 atom stereocenters. The molecule has 3 aromatic rings. The Morgan fingerprint density at radius 2 is 1.58 bits per heavy atom. The first-order valence-electron chi connectivity index (χ1n) is 7.33. The van der Waals surface area contributed by atoms with Gasteiger partial charge in [-0.15, -0.1) is 0 Å². The summed E-state index contributed by atoms with van der Waals surface area (Å²) in [6.45, 7) is 0. The van der Waals surface area contributed by atoms with Gasteiger partial charge in [-0.25, -0.2) is 0 Å². The van der Waals surface area contributed by atoms with E-state index in [1.54, 1.807) is 0 Å². The summed E-state index contributed by atoms with van der Waals surface area (Å²) in [5.41, 5.74) is 3.51. The Balaban J connectivity index is 1.87. The van der Waals surface area contributed by atoms with Gasteiger partial charge in [-0.2, -0.15) is 0 Å². The molecule has 19 heavy (non-hydrogen) atoms. The van der Waals surface area contributed by atoms with E-state index in [2.05, 4.69) is 36.4 Å². The quantitative estimate of drug-likeness (QED) is 0.545. The number of hydrogen-bond acceptors (Lipinski definition) is 1. The largest absolute Gasteiger partial charge is 0.456 e. The molecule has 1 aliphatic rings.